The number of hydrogen-bond donors (Lipinski definition) is 1. The van der Waals surface area contributed by atoms with Crippen LogP contribution in [-0.2, 0) is 32.2 Å². The molecule has 3 aromatic rings. The molecule has 1 N–H and O–H groups in total. The smallest absolute Gasteiger partial charge is 0.336 e. The Balaban J connectivity index is 1.45. The standard InChI is InChI=1S/C37H44N4O6/c1-27-33(36(42)46-23-13-21-39(3)25-29-15-7-5-8-16-29)35(31-19-11-12-20-32(31)41(44)45)34(28(2)38-27)37(43)47-24-14-22-40(4)26-30-17-9-6-10-18-30/h5-12,15-20,35,38H,13-14,21-26H2,1-4H3. The Bertz CT molecular complexity index is 1500. The fourth-order valence-electron chi connectivity index (χ4n) is 5.85. The Morgan fingerprint density at radius 1 is 0.723 bits per heavy atom. The third-order valence-corrected chi connectivity index (χ3v) is 8.07. The predicted molar refractivity (Wildman–Crippen MR) is 181 cm³/mol. The van der Waals surface area contributed by atoms with Gasteiger partial charge in [-0.1, -0.05) is 78.9 Å². The lowest BCUT2D eigenvalue weighted by molar-refractivity contribution is -0.385. The fraction of sp³-hybridized carbons (Fsp3) is 0.351. The fourth-order valence-corrected chi connectivity index (χ4v) is 5.85. The number of benzene rings is 3. The summed E-state index contributed by atoms with van der Waals surface area (Å²) in [6.45, 7) is 6.64. The lowest BCUT2D eigenvalue weighted by Crippen LogP contribution is -2.33. The van der Waals surface area contributed by atoms with E-state index in [4.69, 9.17) is 9.47 Å². The zero-order valence-electron chi connectivity index (χ0n) is 27.6. The number of nitrogens with one attached hydrogen (secondary N) is 1. The molecule has 0 saturated carbocycles. The molecule has 0 amide bonds. The number of carbonyl (C=O) groups is 2. The summed E-state index contributed by atoms with van der Waals surface area (Å²) in [6.07, 6.45) is 1.18. The molecule has 0 atom stereocenters. The van der Waals surface area contributed by atoms with E-state index in [1.165, 1.54) is 17.2 Å². The maximum atomic E-state index is 13.7. The maximum Gasteiger partial charge on any atom is 0.336 e. The highest BCUT2D eigenvalue weighted by Crippen LogP contribution is 2.42. The van der Waals surface area contributed by atoms with Gasteiger partial charge in [-0.2, -0.15) is 0 Å². The normalized spacial score (nSPS) is 13.6. The van der Waals surface area contributed by atoms with Crippen LogP contribution >= 0.6 is 0 Å². The zero-order valence-corrected chi connectivity index (χ0v) is 27.6. The Morgan fingerprint density at radius 3 is 1.60 bits per heavy atom. The number of ether oxygens (including phenoxy) is 2. The van der Waals surface area contributed by atoms with Gasteiger partial charge in [-0.05, 0) is 51.9 Å². The highest BCUT2D eigenvalue weighted by atomic mass is 16.6. The molecule has 0 aromatic heterocycles. The van der Waals surface area contributed by atoms with E-state index in [1.807, 2.05) is 50.5 Å². The van der Waals surface area contributed by atoms with E-state index in [0.717, 1.165) is 13.1 Å². The molecule has 1 aliphatic heterocycles. The molecule has 10 nitrogen and oxygen atoms in total. The van der Waals surface area contributed by atoms with E-state index in [0.29, 0.717) is 37.3 Å². The van der Waals surface area contributed by atoms with Gasteiger partial charge < -0.3 is 24.6 Å². The van der Waals surface area contributed by atoms with E-state index in [9.17, 15) is 19.7 Å². The van der Waals surface area contributed by atoms with E-state index >= 15 is 0 Å². The topological polar surface area (TPSA) is 114 Å². The van der Waals surface area contributed by atoms with Gasteiger partial charge in [0.2, 0.25) is 0 Å². The average molecular weight is 641 g/mol. The first-order valence-electron chi connectivity index (χ1n) is 15.9. The molecule has 1 heterocycles. The first-order valence-corrected chi connectivity index (χ1v) is 15.9. The van der Waals surface area contributed by atoms with Crippen molar-refractivity contribution in [2.75, 3.05) is 40.4 Å². The summed E-state index contributed by atoms with van der Waals surface area (Å²) in [7, 11) is 4.01. The molecule has 0 bridgehead atoms. The average Bonchev–Trinajstić information content (AvgIpc) is 3.05. The number of hydrogen-bond acceptors (Lipinski definition) is 9. The van der Waals surface area contributed by atoms with Crippen molar-refractivity contribution in [2.24, 2.45) is 0 Å². The molecular formula is C37H44N4O6. The van der Waals surface area contributed by atoms with E-state index in [2.05, 4.69) is 39.4 Å². The van der Waals surface area contributed by atoms with Gasteiger partial charge in [0, 0.05) is 49.2 Å². The summed E-state index contributed by atoms with van der Waals surface area (Å²) in [5.74, 6) is -2.31. The predicted octanol–water partition coefficient (Wildman–Crippen LogP) is 5.96. The molecular weight excluding hydrogens is 596 g/mol. The third kappa shape index (κ3) is 9.84. The Hall–Kier alpha value is -4.80. The van der Waals surface area contributed by atoms with Gasteiger partial charge in [0.1, 0.15) is 0 Å². The van der Waals surface area contributed by atoms with Crippen molar-refractivity contribution in [3.8, 4) is 0 Å². The SMILES string of the molecule is CC1=C(C(=O)OCCCN(C)Cc2ccccc2)C(c2ccccc2[N+](=O)[O-])C(C(=O)OCCCN(C)Cc2ccccc2)=C(C)N1. The lowest BCUT2D eigenvalue weighted by Gasteiger charge is -2.30. The molecule has 47 heavy (non-hydrogen) atoms. The summed E-state index contributed by atoms with van der Waals surface area (Å²) in [6, 6.07) is 26.4. The highest BCUT2D eigenvalue weighted by Gasteiger charge is 2.40. The van der Waals surface area contributed by atoms with Gasteiger partial charge in [-0.25, -0.2) is 9.59 Å². The van der Waals surface area contributed by atoms with Crippen LogP contribution in [0.5, 0.6) is 0 Å². The second-order valence-electron chi connectivity index (χ2n) is 11.9. The van der Waals surface area contributed by atoms with Gasteiger partial charge in [-0.15, -0.1) is 0 Å². The van der Waals surface area contributed by atoms with Crippen molar-refractivity contribution >= 4 is 17.6 Å². The Morgan fingerprint density at radius 2 is 1.15 bits per heavy atom. The number of rotatable bonds is 16. The van der Waals surface area contributed by atoms with Crippen LogP contribution in [0.15, 0.2) is 107 Å². The number of esters is 2. The van der Waals surface area contributed by atoms with Crippen LogP contribution in [0, 0.1) is 10.1 Å². The van der Waals surface area contributed by atoms with Crippen LogP contribution < -0.4 is 5.32 Å². The second-order valence-corrected chi connectivity index (χ2v) is 11.9. The number of allylic oxidation sites excluding steroid dienone is 2. The van der Waals surface area contributed by atoms with E-state index in [1.54, 1.807) is 32.0 Å². The minimum atomic E-state index is -1.04. The van der Waals surface area contributed by atoms with Gasteiger partial charge in [0.05, 0.1) is 35.2 Å². The summed E-state index contributed by atoms with van der Waals surface area (Å²) in [4.78, 5) is 43.3. The molecule has 248 valence electrons. The van der Waals surface area contributed by atoms with Crippen molar-refractivity contribution < 1.29 is 24.0 Å². The molecule has 0 aliphatic carbocycles. The van der Waals surface area contributed by atoms with Gasteiger partial charge in [-0.3, -0.25) is 10.1 Å². The summed E-state index contributed by atoms with van der Waals surface area (Å²) < 4.78 is 11.5. The molecule has 1 aliphatic rings. The number of nitro groups is 1. The molecule has 0 unspecified atom stereocenters. The van der Waals surface area contributed by atoms with Crippen LogP contribution in [0.1, 0.15) is 49.3 Å². The molecule has 0 spiro atoms. The molecule has 4 rings (SSSR count). The summed E-state index contributed by atoms with van der Waals surface area (Å²) in [5, 5.41) is 15.2. The second kappa shape index (κ2) is 17.2. The molecule has 0 fully saturated rings. The number of para-hydroxylation sites is 1. The van der Waals surface area contributed by atoms with Crippen molar-refractivity contribution in [1.82, 2.24) is 15.1 Å². The largest absolute Gasteiger partial charge is 0.462 e. The molecule has 3 aromatic carbocycles. The van der Waals surface area contributed by atoms with Gasteiger partial charge in [0.15, 0.2) is 0 Å². The van der Waals surface area contributed by atoms with Gasteiger partial charge in [0.25, 0.3) is 5.69 Å². The summed E-state index contributed by atoms with van der Waals surface area (Å²) >= 11 is 0. The first-order chi connectivity index (χ1) is 22.7. The van der Waals surface area contributed by atoms with Crippen LogP contribution in [0.2, 0.25) is 0 Å². The number of dihydropyridines is 1. The van der Waals surface area contributed by atoms with E-state index in [-0.39, 0.29) is 35.6 Å². The first kappa shape index (κ1) is 35.1. The van der Waals surface area contributed by atoms with E-state index < -0.39 is 22.8 Å². The molecule has 0 saturated heterocycles. The molecule has 0 radical (unpaired) electrons. The van der Waals surface area contributed by atoms with Crippen LogP contribution in [0.3, 0.4) is 0 Å². The quantitative estimate of drug-likeness (QED) is 0.0877. The minimum absolute atomic E-state index is 0.150. The van der Waals surface area contributed by atoms with Gasteiger partial charge >= 0.3 is 11.9 Å². The van der Waals surface area contributed by atoms with Crippen molar-refractivity contribution in [1.29, 1.82) is 0 Å². The van der Waals surface area contributed by atoms with Crippen LogP contribution in [0.4, 0.5) is 5.69 Å². The van der Waals surface area contributed by atoms with Crippen LogP contribution in [0.25, 0.3) is 0 Å². The maximum absolute atomic E-state index is 13.7. The summed E-state index contributed by atoms with van der Waals surface area (Å²) in [5.41, 5.74) is 3.65. The zero-order chi connectivity index (χ0) is 33.8. The number of carbonyl (C=O) groups excluding carboxylic acids is 2. The van der Waals surface area contributed by atoms with Crippen molar-refractivity contribution in [2.45, 2.75) is 45.7 Å². The highest BCUT2D eigenvalue weighted by molar-refractivity contribution is 6.00. The third-order valence-electron chi connectivity index (χ3n) is 8.07. The number of nitrogens with zero attached hydrogens (tertiary/aromatic N) is 3. The van der Waals surface area contributed by atoms with Crippen LogP contribution in [-0.4, -0.2) is 67.1 Å². The van der Waals surface area contributed by atoms with Crippen molar-refractivity contribution in [3.05, 3.63) is 134 Å². The molecule has 10 heteroatoms. The number of nitro benzene ring substituents is 1. The lowest BCUT2D eigenvalue weighted by atomic mass is 9.79. The Labute approximate surface area is 276 Å². The monoisotopic (exact) mass is 640 g/mol. The Kier molecular flexibility index (Phi) is 12.8. The minimum Gasteiger partial charge on any atom is -0.462 e. The van der Waals surface area contributed by atoms with Crippen molar-refractivity contribution in [3.63, 3.8) is 0 Å².